The quantitative estimate of drug-likeness (QED) is 0.629. The average molecular weight is 289 g/mol. The Morgan fingerprint density at radius 2 is 1.86 bits per heavy atom. The smallest absolute Gasteiger partial charge is 0.230 e. The Hall–Kier alpha value is -2.17. The van der Waals surface area contributed by atoms with Crippen molar-refractivity contribution in [3.05, 3.63) is 29.3 Å². The van der Waals surface area contributed by atoms with Gasteiger partial charge >= 0.3 is 0 Å². The van der Waals surface area contributed by atoms with Crippen molar-refractivity contribution in [1.29, 1.82) is 0 Å². The van der Waals surface area contributed by atoms with Crippen LogP contribution in [0.4, 0.5) is 0 Å². The van der Waals surface area contributed by atoms with E-state index in [2.05, 4.69) is 0 Å². The number of carbonyl (C=O) groups excluding carboxylic acids is 3. The molecule has 5 nitrogen and oxygen atoms in total. The zero-order chi connectivity index (χ0) is 15.6. The van der Waals surface area contributed by atoms with Gasteiger partial charge in [0.25, 0.3) is 0 Å². The first-order valence-corrected chi connectivity index (χ1v) is 6.81. The molecular formula is C16H19NO4. The molecule has 112 valence electrons. The average Bonchev–Trinajstić information content (AvgIpc) is 2.41. The van der Waals surface area contributed by atoms with Crippen molar-refractivity contribution in [3.8, 4) is 5.75 Å². The fourth-order valence-electron chi connectivity index (χ4n) is 2.55. The summed E-state index contributed by atoms with van der Waals surface area (Å²) in [6.07, 6.45) is 1.41. The number of methoxy groups -OCH3 is 1. The molecule has 0 spiro atoms. The maximum absolute atomic E-state index is 12.2. The number of ether oxygens (including phenoxy) is 1. The van der Waals surface area contributed by atoms with Crippen LogP contribution in [-0.4, -0.2) is 30.1 Å². The van der Waals surface area contributed by atoms with Gasteiger partial charge in [-0.15, -0.1) is 0 Å². The maximum Gasteiger partial charge on any atom is 0.230 e. The molecule has 1 fully saturated rings. The lowest BCUT2D eigenvalue weighted by atomic mass is 9.81. The van der Waals surface area contributed by atoms with Gasteiger partial charge in [-0.25, -0.2) is 0 Å². The third-order valence-corrected chi connectivity index (χ3v) is 3.63. The summed E-state index contributed by atoms with van der Waals surface area (Å²) in [6, 6.07) is 4.95. The molecular weight excluding hydrogens is 270 g/mol. The second-order valence-electron chi connectivity index (χ2n) is 6.08. The molecule has 0 radical (unpaired) electrons. The van der Waals surface area contributed by atoms with E-state index in [0.29, 0.717) is 29.7 Å². The molecule has 0 N–H and O–H groups in total. The minimum absolute atomic E-state index is 0.137. The standard InChI is InChI=1S/C16H19NO4/c1-16(2)7-14(19)17(15(20)8-16)9-12-6-11(10-18)4-5-13(12)21-3/h4-6,10H,7-9H2,1-3H3. The van der Waals surface area contributed by atoms with E-state index in [1.54, 1.807) is 18.2 Å². The SMILES string of the molecule is COc1ccc(C=O)cc1CN1C(=O)CC(C)(C)CC1=O. The minimum Gasteiger partial charge on any atom is -0.496 e. The molecule has 1 heterocycles. The van der Waals surface area contributed by atoms with Crippen LogP contribution in [-0.2, 0) is 16.1 Å². The first-order chi connectivity index (χ1) is 9.86. The van der Waals surface area contributed by atoms with E-state index in [4.69, 9.17) is 4.74 Å². The Bertz CT molecular complexity index is 572. The highest BCUT2D eigenvalue weighted by molar-refractivity contribution is 5.98. The topological polar surface area (TPSA) is 63.7 Å². The number of imide groups is 1. The molecule has 0 aliphatic carbocycles. The molecule has 1 aromatic rings. The van der Waals surface area contributed by atoms with Crippen LogP contribution in [0.3, 0.4) is 0 Å². The normalized spacial score (nSPS) is 17.8. The molecule has 0 aromatic heterocycles. The summed E-state index contributed by atoms with van der Waals surface area (Å²) >= 11 is 0. The molecule has 21 heavy (non-hydrogen) atoms. The van der Waals surface area contributed by atoms with Crippen molar-refractivity contribution in [1.82, 2.24) is 4.90 Å². The molecule has 1 aliphatic heterocycles. The van der Waals surface area contributed by atoms with Gasteiger partial charge in [0.1, 0.15) is 12.0 Å². The van der Waals surface area contributed by atoms with Crippen molar-refractivity contribution >= 4 is 18.1 Å². The fourth-order valence-corrected chi connectivity index (χ4v) is 2.55. The zero-order valence-electron chi connectivity index (χ0n) is 12.5. The number of rotatable bonds is 4. The molecule has 1 saturated heterocycles. The Kier molecular flexibility index (Phi) is 4.11. The van der Waals surface area contributed by atoms with Crippen molar-refractivity contribution in [2.24, 2.45) is 5.41 Å². The van der Waals surface area contributed by atoms with Crippen LogP contribution in [0.1, 0.15) is 42.6 Å². The molecule has 1 aliphatic rings. The monoisotopic (exact) mass is 289 g/mol. The summed E-state index contributed by atoms with van der Waals surface area (Å²) < 4.78 is 5.23. The van der Waals surface area contributed by atoms with Crippen LogP contribution >= 0.6 is 0 Å². The summed E-state index contributed by atoms with van der Waals surface area (Å²) in [5.41, 5.74) is 0.853. The number of aldehydes is 1. The molecule has 0 unspecified atom stereocenters. The van der Waals surface area contributed by atoms with E-state index in [9.17, 15) is 14.4 Å². The van der Waals surface area contributed by atoms with Gasteiger partial charge in [-0.1, -0.05) is 13.8 Å². The first-order valence-electron chi connectivity index (χ1n) is 6.81. The largest absolute Gasteiger partial charge is 0.496 e. The summed E-state index contributed by atoms with van der Waals surface area (Å²) in [6.45, 7) is 3.96. The second kappa shape index (κ2) is 5.68. The fraction of sp³-hybridized carbons (Fsp3) is 0.438. The maximum atomic E-state index is 12.2. The van der Waals surface area contributed by atoms with Crippen molar-refractivity contribution in [2.75, 3.05) is 7.11 Å². The molecule has 5 heteroatoms. The van der Waals surface area contributed by atoms with Crippen molar-refractivity contribution < 1.29 is 19.1 Å². The zero-order valence-corrected chi connectivity index (χ0v) is 12.5. The lowest BCUT2D eigenvalue weighted by Crippen LogP contribution is -2.45. The van der Waals surface area contributed by atoms with Crippen molar-refractivity contribution in [3.63, 3.8) is 0 Å². The summed E-state index contributed by atoms with van der Waals surface area (Å²) in [5.74, 6) is 0.190. The van der Waals surface area contributed by atoms with Crippen LogP contribution in [0.25, 0.3) is 0 Å². The lowest BCUT2D eigenvalue weighted by molar-refractivity contribution is -0.153. The minimum atomic E-state index is -0.292. The number of piperidine rings is 1. The third kappa shape index (κ3) is 3.29. The number of amides is 2. The van der Waals surface area contributed by atoms with Crippen LogP contribution in [0, 0.1) is 5.41 Å². The predicted octanol–water partition coefficient (Wildman–Crippen LogP) is 2.18. The Balaban J connectivity index is 2.27. The molecule has 2 rings (SSSR count). The molecule has 2 amide bonds. The molecule has 1 aromatic carbocycles. The van der Waals surface area contributed by atoms with E-state index in [-0.39, 0.29) is 23.8 Å². The lowest BCUT2D eigenvalue weighted by Gasteiger charge is -2.34. The van der Waals surface area contributed by atoms with Gasteiger partial charge in [-0.3, -0.25) is 19.3 Å². The highest BCUT2D eigenvalue weighted by Gasteiger charge is 2.37. The molecule has 0 atom stereocenters. The van der Waals surface area contributed by atoms with E-state index < -0.39 is 0 Å². The summed E-state index contributed by atoms with van der Waals surface area (Å²) in [4.78, 5) is 36.5. The number of benzene rings is 1. The molecule has 0 bridgehead atoms. The Morgan fingerprint density at radius 3 is 2.38 bits per heavy atom. The summed E-state index contributed by atoms with van der Waals surface area (Å²) in [7, 11) is 1.52. The predicted molar refractivity (Wildman–Crippen MR) is 77.0 cm³/mol. The second-order valence-corrected chi connectivity index (χ2v) is 6.08. The van der Waals surface area contributed by atoms with Crippen LogP contribution in [0.2, 0.25) is 0 Å². The molecule has 0 saturated carbocycles. The van der Waals surface area contributed by atoms with E-state index in [1.807, 2.05) is 13.8 Å². The van der Waals surface area contributed by atoms with E-state index in [1.165, 1.54) is 12.0 Å². The Labute approximate surface area is 123 Å². The van der Waals surface area contributed by atoms with Gasteiger partial charge in [-0.05, 0) is 23.6 Å². The van der Waals surface area contributed by atoms with Gasteiger partial charge < -0.3 is 4.74 Å². The van der Waals surface area contributed by atoms with Crippen LogP contribution in [0.5, 0.6) is 5.75 Å². The van der Waals surface area contributed by atoms with Gasteiger partial charge in [-0.2, -0.15) is 0 Å². The van der Waals surface area contributed by atoms with Crippen LogP contribution < -0.4 is 4.74 Å². The first kappa shape index (κ1) is 15.2. The Morgan fingerprint density at radius 1 is 1.24 bits per heavy atom. The van der Waals surface area contributed by atoms with Gasteiger partial charge in [0, 0.05) is 24.0 Å². The number of hydrogen-bond acceptors (Lipinski definition) is 4. The number of nitrogens with zero attached hydrogens (tertiary/aromatic N) is 1. The van der Waals surface area contributed by atoms with Gasteiger partial charge in [0.2, 0.25) is 11.8 Å². The van der Waals surface area contributed by atoms with Crippen LogP contribution in [0.15, 0.2) is 18.2 Å². The highest BCUT2D eigenvalue weighted by atomic mass is 16.5. The summed E-state index contributed by atoms with van der Waals surface area (Å²) in [5, 5.41) is 0. The van der Waals surface area contributed by atoms with Gasteiger partial charge in [0.05, 0.1) is 13.7 Å². The van der Waals surface area contributed by atoms with E-state index in [0.717, 1.165) is 6.29 Å². The van der Waals surface area contributed by atoms with Gasteiger partial charge in [0.15, 0.2) is 0 Å². The van der Waals surface area contributed by atoms with E-state index >= 15 is 0 Å². The number of likely N-dealkylation sites (tertiary alicyclic amines) is 1. The third-order valence-electron chi connectivity index (χ3n) is 3.63. The number of hydrogen-bond donors (Lipinski definition) is 0. The van der Waals surface area contributed by atoms with Crippen molar-refractivity contribution in [2.45, 2.75) is 33.2 Å². The number of carbonyl (C=O) groups is 3. The highest BCUT2D eigenvalue weighted by Crippen LogP contribution is 2.33.